The zero-order valence-electron chi connectivity index (χ0n) is 15.8. The van der Waals surface area contributed by atoms with Crippen LogP contribution in [0.25, 0.3) is 0 Å². The van der Waals surface area contributed by atoms with E-state index in [4.69, 9.17) is 4.65 Å². The lowest BCUT2D eigenvalue weighted by Crippen LogP contribution is -2.51. The topological polar surface area (TPSA) is 137 Å². The van der Waals surface area contributed by atoms with Gasteiger partial charge in [0.25, 0.3) is 0 Å². The third-order valence-electron chi connectivity index (χ3n) is 4.76. The summed E-state index contributed by atoms with van der Waals surface area (Å²) in [6.45, 7) is 3.70. The smallest absolute Gasteiger partial charge is 0.536 e. The third-order valence-corrected chi connectivity index (χ3v) is 4.76. The minimum Gasteiger partial charge on any atom is -0.536 e. The number of carbonyl (C=O) groups excluding carboxylic acids is 1. The van der Waals surface area contributed by atoms with Crippen molar-refractivity contribution < 1.29 is 33.2 Å². The number of rotatable bonds is 8. The van der Waals surface area contributed by atoms with Crippen molar-refractivity contribution in [2.75, 3.05) is 0 Å². The first-order valence-corrected chi connectivity index (χ1v) is 8.94. The second-order valence-corrected chi connectivity index (χ2v) is 6.73. The average Bonchev–Trinajstić information content (AvgIpc) is 2.71. The number of phenols is 1. The van der Waals surface area contributed by atoms with E-state index in [1.807, 2.05) is 0 Å². The van der Waals surface area contributed by atoms with Crippen LogP contribution in [0.3, 0.4) is 0 Å². The molecule has 3 rings (SSSR count). The summed E-state index contributed by atoms with van der Waals surface area (Å²) in [5.74, 6) is -5.01. The zero-order valence-corrected chi connectivity index (χ0v) is 15.8. The molecule has 160 valence electrons. The van der Waals surface area contributed by atoms with E-state index in [-0.39, 0.29) is 29.8 Å². The second kappa shape index (κ2) is 8.82. The van der Waals surface area contributed by atoms with Crippen LogP contribution in [0.1, 0.15) is 27.5 Å². The molecule has 2 aromatic carbocycles. The van der Waals surface area contributed by atoms with Gasteiger partial charge in [-0.2, -0.15) is 4.91 Å². The minimum absolute atomic E-state index is 0.00134. The number of aromatic hydroxyl groups is 1. The number of halogens is 2. The highest BCUT2D eigenvalue weighted by Gasteiger charge is 2.40. The molecule has 0 bridgehead atoms. The van der Waals surface area contributed by atoms with E-state index < -0.39 is 48.0 Å². The van der Waals surface area contributed by atoms with Crippen LogP contribution in [0, 0.1) is 16.5 Å². The summed E-state index contributed by atoms with van der Waals surface area (Å²) in [4.78, 5) is 33.8. The molecule has 31 heavy (non-hydrogen) atoms. The van der Waals surface area contributed by atoms with Crippen LogP contribution in [-0.2, 0) is 11.2 Å². The number of phenolic OH excluding ortho intramolecular Hbond substituents is 1. The van der Waals surface area contributed by atoms with E-state index in [0.717, 1.165) is 0 Å². The maximum Gasteiger partial charge on any atom is 0.570 e. The lowest BCUT2D eigenvalue weighted by Gasteiger charge is -2.31. The molecule has 2 unspecified atom stereocenters. The molecule has 2 aromatic rings. The van der Waals surface area contributed by atoms with Crippen molar-refractivity contribution in [1.82, 2.24) is 10.6 Å². The van der Waals surface area contributed by atoms with Crippen LogP contribution < -0.4 is 15.3 Å². The van der Waals surface area contributed by atoms with Crippen LogP contribution in [0.4, 0.5) is 8.78 Å². The average molecular weight is 431 g/mol. The van der Waals surface area contributed by atoms with Gasteiger partial charge in [0.1, 0.15) is 23.1 Å². The predicted octanol–water partition coefficient (Wildman–Crippen LogP) is 2.06. The van der Waals surface area contributed by atoms with Gasteiger partial charge < -0.3 is 25.5 Å². The Kier molecular flexibility index (Phi) is 6.19. The van der Waals surface area contributed by atoms with Gasteiger partial charge >= 0.3 is 13.0 Å². The van der Waals surface area contributed by atoms with Crippen LogP contribution in [-0.4, -0.2) is 35.6 Å². The number of carboxylic acids is 1. The van der Waals surface area contributed by atoms with E-state index in [2.05, 4.69) is 22.3 Å². The monoisotopic (exact) mass is 431 g/mol. The highest BCUT2D eigenvalue weighted by molar-refractivity contribution is 6.53. The number of hydrogen-bond donors (Lipinski definition) is 4. The number of carbonyl (C=O) groups is 2. The first-order valence-electron chi connectivity index (χ1n) is 8.94. The van der Waals surface area contributed by atoms with Crippen LogP contribution in [0.2, 0.25) is 0 Å². The number of benzene rings is 2. The lowest BCUT2D eigenvalue weighted by molar-refractivity contribution is -0.110. The Hall–Kier alpha value is -3.96. The van der Waals surface area contributed by atoms with Gasteiger partial charge in [-0.25, -0.2) is 13.6 Å². The van der Waals surface area contributed by atoms with E-state index in [1.165, 1.54) is 12.1 Å². The molecule has 0 fully saturated rings. The van der Waals surface area contributed by atoms with Gasteiger partial charge in [-0.1, -0.05) is 23.8 Å². The van der Waals surface area contributed by atoms with Gasteiger partial charge in [-0.3, -0.25) is 4.79 Å². The van der Waals surface area contributed by atoms with Crippen molar-refractivity contribution in [3.8, 4) is 11.5 Å². The van der Waals surface area contributed by atoms with Gasteiger partial charge in [0.2, 0.25) is 6.41 Å². The number of carboxylic acid groups (broad SMARTS) is 1. The van der Waals surface area contributed by atoms with Gasteiger partial charge in [0.15, 0.2) is 0 Å². The summed E-state index contributed by atoms with van der Waals surface area (Å²) in [6, 6.07) is 4.38. The van der Waals surface area contributed by atoms with Crippen molar-refractivity contribution in [2.45, 2.75) is 18.4 Å². The molecule has 0 saturated carbocycles. The Labute approximate surface area is 174 Å². The van der Waals surface area contributed by atoms with Crippen molar-refractivity contribution in [3.63, 3.8) is 0 Å². The first kappa shape index (κ1) is 21.7. The molecule has 0 aliphatic carbocycles. The number of para-hydroxylation sites is 1. The maximum atomic E-state index is 14.3. The van der Waals surface area contributed by atoms with Crippen molar-refractivity contribution in [2.24, 2.45) is 5.09 Å². The molecular weight excluding hydrogens is 415 g/mol. The van der Waals surface area contributed by atoms with Gasteiger partial charge in [0, 0.05) is 17.8 Å². The molecule has 12 heteroatoms. The molecule has 1 aliphatic heterocycles. The van der Waals surface area contributed by atoms with E-state index in [1.54, 1.807) is 6.07 Å². The van der Waals surface area contributed by atoms with E-state index in [9.17, 15) is 33.5 Å². The van der Waals surface area contributed by atoms with Gasteiger partial charge in [-0.15, -0.1) is 0 Å². The van der Waals surface area contributed by atoms with Crippen molar-refractivity contribution in [1.29, 1.82) is 0 Å². The SMILES string of the molecule is C=C(NC1Cc2cccc(C(=O)O)c2OB1N=O)C(NC=O)c1c(F)cc(O)cc1F. The number of fused-ring (bicyclic) bond motifs is 1. The fourth-order valence-corrected chi connectivity index (χ4v) is 3.41. The summed E-state index contributed by atoms with van der Waals surface area (Å²) in [5, 5.41) is 26.5. The second-order valence-electron chi connectivity index (χ2n) is 6.73. The molecular formula is C19H16BF2N3O6. The van der Waals surface area contributed by atoms with Crippen LogP contribution in [0.5, 0.6) is 11.5 Å². The molecule has 0 saturated heterocycles. The maximum absolute atomic E-state index is 14.3. The molecule has 2 atom stereocenters. The number of nitroso groups, excluding NO2 is 1. The fourth-order valence-electron chi connectivity index (χ4n) is 3.41. The highest BCUT2D eigenvalue weighted by atomic mass is 19.1. The van der Waals surface area contributed by atoms with Crippen LogP contribution in [0.15, 0.2) is 47.7 Å². The fraction of sp³-hybridized carbons (Fsp3) is 0.158. The molecule has 1 amide bonds. The number of aromatic carboxylic acids is 1. The number of hydrogen-bond acceptors (Lipinski definition) is 7. The summed E-state index contributed by atoms with van der Waals surface area (Å²) in [7, 11) is -1.38. The summed E-state index contributed by atoms with van der Waals surface area (Å²) < 4.78 is 34.1. The van der Waals surface area contributed by atoms with Gasteiger partial charge in [-0.05, 0) is 18.1 Å². The Morgan fingerprint density at radius 2 is 2.03 bits per heavy atom. The Balaban J connectivity index is 1.90. The lowest BCUT2D eigenvalue weighted by atomic mass is 9.68. The van der Waals surface area contributed by atoms with Crippen LogP contribution >= 0.6 is 0 Å². The molecule has 0 spiro atoms. The quantitative estimate of drug-likeness (QED) is 0.285. The zero-order chi connectivity index (χ0) is 22.7. The molecule has 0 radical (unpaired) electrons. The van der Waals surface area contributed by atoms with E-state index >= 15 is 0 Å². The Bertz CT molecular complexity index is 1040. The number of amides is 1. The molecule has 0 aromatic heterocycles. The Morgan fingerprint density at radius 3 is 2.61 bits per heavy atom. The van der Waals surface area contributed by atoms with E-state index in [0.29, 0.717) is 17.7 Å². The normalized spacial score (nSPS) is 15.8. The number of nitrogens with zero attached hydrogens (tertiary/aromatic N) is 1. The van der Waals surface area contributed by atoms with Gasteiger partial charge in [0.05, 0.1) is 23.1 Å². The molecule has 9 nitrogen and oxygen atoms in total. The molecule has 1 aliphatic rings. The third kappa shape index (κ3) is 4.32. The highest BCUT2D eigenvalue weighted by Crippen LogP contribution is 2.33. The minimum atomic E-state index is -1.39. The molecule has 1 heterocycles. The summed E-state index contributed by atoms with van der Waals surface area (Å²) in [5.41, 5.74) is -0.344. The predicted molar refractivity (Wildman–Crippen MR) is 105 cm³/mol. The summed E-state index contributed by atoms with van der Waals surface area (Å²) in [6.07, 6.45) is 0.296. The van der Waals surface area contributed by atoms with Crippen molar-refractivity contribution >= 4 is 19.4 Å². The summed E-state index contributed by atoms with van der Waals surface area (Å²) >= 11 is 0. The Morgan fingerprint density at radius 1 is 1.35 bits per heavy atom. The standard InChI is InChI=1S/C19H16BF2N3O6/c1-9(17(23-8-26)16-13(21)6-11(27)7-14(16)22)24-15-5-10-3-2-4-12(19(28)29)18(10)31-20(15)25-30/h2-4,6-8,15,17,24,27H,1,5H2,(H,23,26)(H,28,29). The van der Waals surface area contributed by atoms with Crippen molar-refractivity contribution in [3.05, 3.63) is 75.8 Å². The molecule has 4 N–H and O–H groups in total. The first-order chi connectivity index (χ1) is 14.8. The largest absolute Gasteiger partial charge is 0.570 e. The number of nitrogens with one attached hydrogen (secondary N) is 2.